The summed E-state index contributed by atoms with van der Waals surface area (Å²) in [5.41, 5.74) is 0. The van der Waals surface area contributed by atoms with Gasteiger partial charge in [-0.3, -0.25) is 0 Å². The molecule has 1 aliphatic carbocycles. The monoisotopic (exact) mass is 274 g/mol. The molecule has 78 valence electrons. The van der Waals surface area contributed by atoms with E-state index in [-0.39, 0.29) is 0 Å². The zero-order valence-corrected chi connectivity index (χ0v) is 10.9. The molecular weight excluding hydrogens is 260 g/mol. The first-order chi connectivity index (χ1) is 6.66. The number of hydrogen-bond donors (Lipinski definition) is 1. The van der Waals surface area contributed by atoms with Crippen molar-refractivity contribution in [3.05, 3.63) is 15.0 Å². The molecule has 2 atom stereocenters. The van der Waals surface area contributed by atoms with Crippen LogP contribution in [0.1, 0.15) is 37.7 Å². The van der Waals surface area contributed by atoms with Crippen molar-refractivity contribution >= 4 is 27.3 Å². The lowest BCUT2D eigenvalue weighted by Gasteiger charge is -2.17. The van der Waals surface area contributed by atoms with E-state index >= 15 is 0 Å². The van der Waals surface area contributed by atoms with Gasteiger partial charge in [-0.05, 0) is 48.5 Å². The second kappa shape index (κ2) is 4.29. The molecule has 1 fully saturated rings. The maximum atomic E-state index is 4.36. The van der Waals surface area contributed by atoms with Crippen molar-refractivity contribution < 1.29 is 0 Å². The van der Waals surface area contributed by atoms with Crippen molar-refractivity contribution in [1.29, 1.82) is 0 Å². The Morgan fingerprint density at radius 1 is 1.57 bits per heavy atom. The fourth-order valence-electron chi connectivity index (χ4n) is 1.67. The summed E-state index contributed by atoms with van der Waals surface area (Å²) in [6.07, 6.45) is 4.66. The van der Waals surface area contributed by atoms with Crippen molar-refractivity contribution in [3.8, 4) is 0 Å². The van der Waals surface area contributed by atoms with Crippen LogP contribution in [0.4, 0.5) is 0 Å². The molecule has 1 aromatic rings. The van der Waals surface area contributed by atoms with Crippen LogP contribution >= 0.6 is 27.3 Å². The normalized spacial score (nSPS) is 20.8. The molecule has 0 radical (unpaired) electrons. The number of nitrogens with one attached hydrogen (secondary N) is 1. The Bertz CT molecular complexity index is 309. The highest BCUT2D eigenvalue weighted by molar-refractivity contribution is 9.11. The van der Waals surface area contributed by atoms with E-state index in [1.165, 1.54) is 17.8 Å². The molecule has 1 aromatic heterocycles. The predicted molar refractivity (Wildman–Crippen MR) is 63.6 cm³/mol. The maximum Gasteiger partial charge on any atom is 0.110 e. The van der Waals surface area contributed by atoms with E-state index in [0.29, 0.717) is 12.1 Å². The maximum absolute atomic E-state index is 4.36. The number of nitrogens with zero attached hydrogens (tertiary/aromatic N) is 1. The molecule has 1 heterocycles. The SMILES string of the molecule is CC(NC(C)C1CC1)c1ncc(Br)s1. The van der Waals surface area contributed by atoms with Crippen molar-refractivity contribution in [3.63, 3.8) is 0 Å². The molecular formula is C10H15BrN2S. The zero-order chi connectivity index (χ0) is 10.1. The van der Waals surface area contributed by atoms with Crippen LogP contribution in [0.5, 0.6) is 0 Å². The van der Waals surface area contributed by atoms with Gasteiger partial charge in [0.25, 0.3) is 0 Å². The van der Waals surface area contributed by atoms with Gasteiger partial charge in [-0.15, -0.1) is 11.3 Å². The summed E-state index contributed by atoms with van der Waals surface area (Å²) in [7, 11) is 0. The van der Waals surface area contributed by atoms with Gasteiger partial charge in [-0.1, -0.05) is 0 Å². The smallest absolute Gasteiger partial charge is 0.110 e. The second-order valence-electron chi connectivity index (χ2n) is 4.02. The van der Waals surface area contributed by atoms with Gasteiger partial charge in [0.2, 0.25) is 0 Å². The number of thiazole rings is 1. The average Bonchev–Trinajstić information content (AvgIpc) is 2.89. The van der Waals surface area contributed by atoms with E-state index in [9.17, 15) is 0 Å². The minimum Gasteiger partial charge on any atom is -0.305 e. The molecule has 1 aliphatic rings. The lowest BCUT2D eigenvalue weighted by Crippen LogP contribution is -2.30. The second-order valence-corrected chi connectivity index (χ2v) is 6.46. The average molecular weight is 275 g/mol. The first-order valence-electron chi connectivity index (χ1n) is 5.04. The Morgan fingerprint density at radius 2 is 2.29 bits per heavy atom. The third kappa shape index (κ3) is 2.55. The number of hydrogen-bond acceptors (Lipinski definition) is 3. The lowest BCUT2D eigenvalue weighted by molar-refractivity contribution is 0.440. The summed E-state index contributed by atoms with van der Waals surface area (Å²) >= 11 is 5.15. The molecule has 2 nitrogen and oxygen atoms in total. The van der Waals surface area contributed by atoms with Gasteiger partial charge in [-0.2, -0.15) is 0 Å². The Kier molecular flexibility index (Phi) is 3.24. The molecule has 0 spiro atoms. The van der Waals surface area contributed by atoms with Gasteiger partial charge in [0.15, 0.2) is 0 Å². The summed E-state index contributed by atoms with van der Waals surface area (Å²) < 4.78 is 1.11. The molecule has 2 unspecified atom stereocenters. The summed E-state index contributed by atoms with van der Waals surface area (Å²) in [5.74, 6) is 0.904. The van der Waals surface area contributed by atoms with Crippen LogP contribution in [0.3, 0.4) is 0 Å². The van der Waals surface area contributed by atoms with Crippen molar-refractivity contribution in [1.82, 2.24) is 10.3 Å². The summed E-state index contributed by atoms with van der Waals surface area (Å²) in [6, 6.07) is 1.01. The van der Waals surface area contributed by atoms with Gasteiger partial charge in [0.05, 0.1) is 16.0 Å². The topological polar surface area (TPSA) is 24.9 Å². The van der Waals surface area contributed by atoms with E-state index in [4.69, 9.17) is 0 Å². The minimum absolute atomic E-state index is 0.377. The molecule has 0 aliphatic heterocycles. The molecule has 1 saturated carbocycles. The molecule has 0 saturated heterocycles. The van der Waals surface area contributed by atoms with Gasteiger partial charge in [0, 0.05) is 6.04 Å². The quantitative estimate of drug-likeness (QED) is 0.911. The number of rotatable bonds is 4. The largest absolute Gasteiger partial charge is 0.305 e. The number of aromatic nitrogens is 1. The summed E-state index contributed by atoms with van der Waals surface area (Å²) in [4.78, 5) is 4.36. The molecule has 0 bridgehead atoms. The van der Waals surface area contributed by atoms with E-state index < -0.39 is 0 Å². The first-order valence-corrected chi connectivity index (χ1v) is 6.65. The molecule has 0 aromatic carbocycles. The predicted octanol–water partition coefficient (Wildman–Crippen LogP) is 3.35. The van der Waals surface area contributed by atoms with E-state index in [1.54, 1.807) is 11.3 Å². The molecule has 1 N–H and O–H groups in total. The van der Waals surface area contributed by atoms with Crippen LogP contribution in [0.25, 0.3) is 0 Å². The van der Waals surface area contributed by atoms with Gasteiger partial charge in [-0.25, -0.2) is 4.98 Å². The zero-order valence-electron chi connectivity index (χ0n) is 8.46. The molecule has 0 amide bonds. The van der Waals surface area contributed by atoms with Crippen molar-refractivity contribution in [2.24, 2.45) is 5.92 Å². The summed E-state index contributed by atoms with van der Waals surface area (Å²) in [6.45, 7) is 4.46. The lowest BCUT2D eigenvalue weighted by atomic mass is 10.2. The highest BCUT2D eigenvalue weighted by Gasteiger charge is 2.29. The van der Waals surface area contributed by atoms with Crippen molar-refractivity contribution in [2.75, 3.05) is 0 Å². The fraction of sp³-hybridized carbons (Fsp3) is 0.700. The van der Waals surface area contributed by atoms with Crippen LogP contribution < -0.4 is 5.32 Å². The Morgan fingerprint density at radius 3 is 2.79 bits per heavy atom. The van der Waals surface area contributed by atoms with Gasteiger partial charge >= 0.3 is 0 Å². The Balaban J connectivity index is 1.91. The van der Waals surface area contributed by atoms with Crippen LogP contribution in [-0.4, -0.2) is 11.0 Å². The molecule has 2 rings (SSSR count). The fourth-order valence-corrected chi connectivity index (χ4v) is 2.92. The Labute approximate surface area is 97.3 Å². The van der Waals surface area contributed by atoms with Crippen molar-refractivity contribution in [2.45, 2.75) is 38.8 Å². The third-order valence-electron chi connectivity index (χ3n) is 2.71. The Hall–Kier alpha value is 0.0700. The highest BCUT2D eigenvalue weighted by atomic mass is 79.9. The van der Waals surface area contributed by atoms with Gasteiger partial charge in [0.1, 0.15) is 5.01 Å². The van der Waals surface area contributed by atoms with Crippen LogP contribution in [0.15, 0.2) is 9.98 Å². The first kappa shape index (κ1) is 10.6. The van der Waals surface area contributed by atoms with Crippen LogP contribution in [0, 0.1) is 5.92 Å². The third-order valence-corrected chi connectivity index (χ3v) is 4.37. The molecule has 4 heteroatoms. The number of halogens is 1. The molecule has 14 heavy (non-hydrogen) atoms. The van der Waals surface area contributed by atoms with Gasteiger partial charge < -0.3 is 5.32 Å². The van der Waals surface area contributed by atoms with E-state index in [1.807, 2.05) is 6.20 Å². The minimum atomic E-state index is 0.377. The highest BCUT2D eigenvalue weighted by Crippen LogP contribution is 2.34. The standard InChI is InChI=1S/C10H15BrN2S/c1-6(8-3-4-8)13-7(2)10-12-5-9(11)14-10/h5-8,13H,3-4H2,1-2H3. The summed E-state index contributed by atoms with van der Waals surface area (Å²) in [5, 5.41) is 4.77. The van der Waals surface area contributed by atoms with Crippen LogP contribution in [0.2, 0.25) is 0 Å². The van der Waals surface area contributed by atoms with E-state index in [0.717, 1.165) is 9.70 Å². The van der Waals surface area contributed by atoms with E-state index in [2.05, 4.69) is 40.1 Å². The van der Waals surface area contributed by atoms with Crippen LogP contribution in [-0.2, 0) is 0 Å².